The number of halogens is 1. The van der Waals surface area contributed by atoms with Crippen LogP contribution in [0.15, 0.2) is 36.5 Å². The predicted molar refractivity (Wildman–Crippen MR) is 58.7 cm³/mol. The monoisotopic (exact) mass is 223 g/mol. The molecule has 1 aromatic heterocycles. The standard InChI is InChI=1S/C10H10ClN3O/c11-8-2-1-3-9(6-8)15-7-14-5-4-10(12)13-14/h1-6H,7H2,(H2,12,13). The van der Waals surface area contributed by atoms with Gasteiger partial charge in [-0.1, -0.05) is 17.7 Å². The Morgan fingerprint density at radius 3 is 2.93 bits per heavy atom. The molecular weight excluding hydrogens is 214 g/mol. The zero-order valence-electron chi connectivity index (χ0n) is 7.93. The van der Waals surface area contributed by atoms with Crippen molar-refractivity contribution in [2.75, 3.05) is 5.73 Å². The maximum absolute atomic E-state index is 5.81. The van der Waals surface area contributed by atoms with E-state index in [4.69, 9.17) is 22.1 Å². The number of ether oxygens (including phenoxy) is 1. The van der Waals surface area contributed by atoms with Gasteiger partial charge in [-0.2, -0.15) is 5.10 Å². The van der Waals surface area contributed by atoms with E-state index in [9.17, 15) is 0 Å². The molecule has 0 unspecified atom stereocenters. The lowest BCUT2D eigenvalue weighted by molar-refractivity contribution is 0.221. The fourth-order valence-electron chi connectivity index (χ4n) is 1.15. The molecule has 1 heterocycles. The van der Waals surface area contributed by atoms with Crippen LogP contribution in [0.5, 0.6) is 5.75 Å². The van der Waals surface area contributed by atoms with E-state index < -0.39 is 0 Å². The Labute approximate surface area is 92.2 Å². The summed E-state index contributed by atoms with van der Waals surface area (Å²) < 4.78 is 7.05. The number of hydrogen-bond donors (Lipinski definition) is 1. The maximum Gasteiger partial charge on any atom is 0.180 e. The first-order valence-corrected chi connectivity index (χ1v) is 4.79. The van der Waals surface area contributed by atoms with E-state index in [1.54, 1.807) is 29.1 Å². The normalized spacial score (nSPS) is 10.2. The van der Waals surface area contributed by atoms with E-state index in [1.807, 2.05) is 12.1 Å². The molecule has 0 amide bonds. The first kappa shape index (κ1) is 9.86. The minimum Gasteiger partial charge on any atom is -0.471 e. The Morgan fingerprint density at radius 1 is 1.40 bits per heavy atom. The number of benzene rings is 1. The Balaban J connectivity index is 1.99. The lowest BCUT2D eigenvalue weighted by atomic mass is 10.3. The third kappa shape index (κ3) is 2.63. The number of rotatable bonds is 3. The summed E-state index contributed by atoms with van der Waals surface area (Å²) in [6, 6.07) is 8.91. The molecule has 0 saturated carbocycles. The average molecular weight is 224 g/mol. The molecule has 0 radical (unpaired) electrons. The summed E-state index contributed by atoms with van der Waals surface area (Å²) >= 11 is 5.81. The number of anilines is 1. The summed E-state index contributed by atoms with van der Waals surface area (Å²) in [7, 11) is 0. The smallest absolute Gasteiger partial charge is 0.180 e. The van der Waals surface area contributed by atoms with Crippen LogP contribution in [-0.2, 0) is 6.73 Å². The Kier molecular flexibility index (Phi) is 2.78. The van der Waals surface area contributed by atoms with E-state index in [0.29, 0.717) is 23.3 Å². The molecule has 0 saturated heterocycles. The van der Waals surface area contributed by atoms with Crippen LogP contribution in [0.2, 0.25) is 5.02 Å². The highest BCUT2D eigenvalue weighted by Gasteiger charge is 1.97. The average Bonchev–Trinajstić information content (AvgIpc) is 2.62. The van der Waals surface area contributed by atoms with Crippen LogP contribution < -0.4 is 10.5 Å². The van der Waals surface area contributed by atoms with Crippen molar-refractivity contribution in [3.8, 4) is 5.75 Å². The second-order valence-corrected chi connectivity index (χ2v) is 3.45. The van der Waals surface area contributed by atoms with E-state index in [1.165, 1.54) is 0 Å². The van der Waals surface area contributed by atoms with Crippen LogP contribution in [0.1, 0.15) is 0 Å². The third-order valence-corrected chi connectivity index (χ3v) is 2.06. The summed E-state index contributed by atoms with van der Waals surface area (Å²) in [6.07, 6.45) is 1.75. The molecule has 0 aliphatic rings. The summed E-state index contributed by atoms with van der Waals surface area (Å²) in [5.74, 6) is 1.18. The Hall–Kier alpha value is -1.68. The van der Waals surface area contributed by atoms with Crippen molar-refractivity contribution in [3.63, 3.8) is 0 Å². The highest BCUT2D eigenvalue weighted by Crippen LogP contribution is 2.17. The van der Waals surface area contributed by atoms with Crippen LogP contribution in [0, 0.1) is 0 Å². The van der Waals surface area contributed by atoms with Crippen LogP contribution in [0.25, 0.3) is 0 Å². The molecule has 0 fully saturated rings. The van der Waals surface area contributed by atoms with Gasteiger partial charge in [0.1, 0.15) is 11.6 Å². The van der Waals surface area contributed by atoms with Crippen molar-refractivity contribution in [1.29, 1.82) is 0 Å². The number of aromatic nitrogens is 2. The molecule has 2 aromatic rings. The fourth-order valence-corrected chi connectivity index (χ4v) is 1.33. The van der Waals surface area contributed by atoms with Crippen molar-refractivity contribution in [2.24, 2.45) is 0 Å². The lowest BCUT2D eigenvalue weighted by Crippen LogP contribution is -2.05. The van der Waals surface area contributed by atoms with Crippen LogP contribution in [0.3, 0.4) is 0 Å². The molecule has 15 heavy (non-hydrogen) atoms. The van der Waals surface area contributed by atoms with Gasteiger partial charge in [0.2, 0.25) is 0 Å². The highest BCUT2D eigenvalue weighted by molar-refractivity contribution is 6.30. The zero-order valence-corrected chi connectivity index (χ0v) is 8.69. The quantitative estimate of drug-likeness (QED) is 0.868. The largest absolute Gasteiger partial charge is 0.471 e. The van der Waals surface area contributed by atoms with Gasteiger partial charge in [0.15, 0.2) is 6.73 Å². The predicted octanol–water partition coefficient (Wildman–Crippen LogP) is 2.16. The lowest BCUT2D eigenvalue weighted by Gasteiger charge is -2.05. The van der Waals surface area contributed by atoms with Gasteiger partial charge in [-0.3, -0.25) is 0 Å². The molecule has 4 nitrogen and oxygen atoms in total. The summed E-state index contributed by atoms with van der Waals surface area (Å²) in [6.45, 7) is 0.317. The molecule has 2 rings (SSSR count). The number of nitrogens with zero attached hydrogens (tertiary/aromatic N) is 2. The van der Waals surface area contributed by atoms with Gasteiger partial charge in [-0.15, -0.1) is 0 Å². The first-order valence-electron chi connectivity index (χ1n) is 4.41. The second-order valence-electron chi connectivity index (χ2n) is 3.01. The molecule has 0 aliphatic carbocycles. The van der Waals surface area contributed by atoms with Gasteiger partial charge in [-0.25, -0.2) is 4.68 Å². The molecule has 78 valence electrons. The van der Waals surface area contributed by atoms with Crippen molar-refractivity contribution in [1.82, 2.24) is 9.78 Å². The van der Waals surface area contributed by atoms with E-state index in [-0.39, 0.29) is 0 Å². The Morgan fingerprint density at radius 2 is 2.27 bits per heavy atom. The molecule has 5 heteroatoms. The topological polar surface area (TPSA) is 53.1 Å². The van der Waals surface area contributed by atoms with E-state index >= 15 is 0 Å². The number of nitrogens with two attached hydrogens (primary N) is 1. The molecule has 0 spiro atoms. The SMILES string of the molecule is Nc1ccn(COc2cccc(Cl)c2)n1. The third-order valence-electron chi connectivity index (χ3n) is 1.82. The molecule has 0 atom stereocenters. The zero-order chi connectivity index (χ0) is 10.7. The number of hydrogen-bond acceptors (Lipinski definition) is 3. The molecule has 1 aromatic carbocycles. The molecule has 0 bridgehead atoms. The van der Waals surface area contributed by atoms with Crippen molar-refractivity contribution in [2.45, 2.75) is 6.73 Å². The van der Waals surface area contributed by atoms with Gasteiger partial charge in [0.25, 0.3) is 0 Å². The van der Waals surface area contributed by atoms with Crippen LogP contribution in [0.4, 0.5) is 5.82 Å². The van der Waals surface area contributed by atoms with Crippen molar-refractivity contribution in [3.05, 3.63) is 41.6 Å². The number of nitrogen functional groups attached to an aromatic ring is 1. The van der Waals surface area contributed by atoms with Crippen LogP contribution in [-0.4, -0.2) is 9.78 Å². The van der Waals surface area contributed by atoms with Gasteiger partial charge in [0.05, 0.1) is 0 Å². The molecule has 0 aliphatic heterocycles. The highest BCUT2D eigenvalue weighted by atomic mass is 35.5. The van der Waals surface area contributed by atoms with Gasteiger partial charge >= 0.3 is 0 Å². The minimum absolute atomic E-state index is 0.317. The van der Waals surface area contributed by atoms with Gasteiger partial charge in [-0.05, 0) is 18.2 Å². The molecular formula is C10H10ClN3O. The van der Waals surface area contributed by atoms with Crippen molar-refractivity contribution < 1.29 is 4.74 Å². The minimum atomic E-state index is 0.317. The van der Waals surface area contributed by atoms with Crippen molar-refractivity contribution >= 4 is 17.4 Å². The summed E-state index contributed by atoms with van der Waals surface area (Å²) in [4.78, 5) is 0. The summed E-state index contributed by atoms with van der Waals surface area (Å²) in [5, 5.41) is 4.63. The van der Waals surface area contributed by atoms with Gasteiger partial charge < -0.3 is 10.5 Å². The first-order chi connectivity index (χ1) is 7.24. The second kappa shape index (κ2) is 4.23. The van der Waals surface area contributed by atoms with E-state index in [2.05, 4.69) is 5.10 Å². The van der Waals surface area contributed by atoms with Gasteiger partial charge in [0, 0.05) is 17.3 Å². The Bertz CT molecular complexity index is 455. The molecule has 2 N–H and O–H groups in total. The van der Waals surface area contributed by atoms with E-state index in [0.717, 1.165) is 0 Å². The maximum atomic E-state index is 5.81. The summed E-state index contributed by atoms with van der Waals surface area (Å²) in [5.41, 5.74) is 5.46. The van der Waals surface area contributed by atoms with Crippen LogP contribution >= 0.6 is 11.6 Å². The fraction of sp³-hybridized carbons (Fsp3) is 0.100.